The number of H-pyrrole nitrogens is 1. The molecule has 3 nitrogen and oxygen atoms in total. The molecule has 0 aliphatic rings. The lowest BCUT2D eigenvalue weighted by molar-refractivity contribution is 1.04. The van der Waals surface area contributed by atoms with Gasteiger partial charge in [0, 0.05) is 28.0 Å². The van der Waals surface area contributed by atoms with E-state index in [0.29, 0.717) is 0 Å². The molecule has 1 aromatic carbocycles. The van der Waals surface area contributed by atoms with Crippen molar-refractivity contribution in [2.24, 2.45) is 0 Å². The molecular weight excluding hydrogens is 254 g/mol. The van der Waals surface area contributed by atoms with Crippen LogP contribution in [0.1, 0.15) is 11.3 Å². The van der Waals surface area contributed by atoms with Crippen LogP contribution in [0.3, 0.4) is 0 Å². The average molecular weight is 266 g/mol. The fourth-order valence-electron chi connectivity index (χ4n) is 1.35. The molecule has 0 bridgehead atoms. The van der Waals surface area contributed by atoms with Gasteiger partial charge >= 0.3 is 0 Å². The second kappa shape index (κ2) is 4.49. The van der Waals surface area contributed by atoms with Crippen molar-refractivity contribution < 1.29 is 0 Å². The Labute approximate surface area is 97.0 Å². The molecule has 1 heterocycles. The van der Waals surface area contributed by atoms with Gasteiger partial charge in [0.05, 0.1) is 6.20 Å². The molecule has 2 N–H and O–H groups in total. The van der Waals surface area contributed by atoms with Crippen molar-refractivity contribution in [3.63, 3.8) is 0 Å². The molecule has 0 saturated heterocycles. The highest BCUT2D eigenvalue weighted by Gasteiger charge is 1.99. The SMILES string of the molecule is Cc1[nH]ncc1CNc1cccc(Br)c1. The van der Waals surface area contributed by atoms with Crippen LogP contribution in [0.15, 0.2) is 34.9 Å². The summed E-state index contributed by atoms with van der Waals surface area (Å²) in [7, 11) is 0. The van der Waals surface area contributed by atoms with E-state index in [1.54, 1.807) is 0 Å². The summed E-state index contributed by atoms with van der Waals surface area (Å²) >= 11 is 3.44. The lowest BCUT2D eigenvalue weighted by Crippen LogP contribution is -1.99. The molecule has 15 heavy (non-hydrogen) atoms. The van der Waals surface area contributed by atoms with E-state index in [2.05, 4.69) is 37.5 Å². The molecule has 0 unspecified atom stereocenters. The zero-order chi connectivity index (χ0) is 10.7. The van der Waals surface area contributed by atoms with E-state index in [-0.39, 0.29) is 0 Å². The molecule has 1 aromatic heterocycles. The van der Waals surface area contributed by atoms with Crippen molar-refractivity contribution in [2.45, 2.75) is 13.5 Å². The normalized spacial score (nSPS) is 10.3. The highest BCUT2D eigenvalue weighted by atomic mass is 79.9. The summed E-state index contributed by atoms with van der Waals surface area (Å²) in [6, 6.07) is 8.11. The van der Waals surface area contributed by atoms with Crippen LogP contribution in [0.4, 0.5) is 5.69 Å². The van der Waals surface area contributed by atoms with Gasteiger partial charge in [-0.1, -0.05) is 22.0 Å². The lowest BCUT2D eigenvalue weighted by atomic mass is 10.2. The van der Waals surface area contributed by atoms with Crippen LogP contribution in [-0.2, 0) is 6.54 Å². The van der Waals surface area contributed by atoms with E-state index in [4.69, 9.17) is 0 Å². The van der Waals surface area contributed by atoms with Crippen molar-refractivity contribution in [1.29, 1.82) is 0 Å². The number of rotatable bonds is 3. The molecule has 0 fully saturated rings. The first-order chi connectivity index (χ1) is 7.25. The predicted octanol–water partition coefficient (Wildman–Crippen LogP) is 3.09. The standard InChI is InChI=1S/C11H12BrN3/c1-8-9(7-14-15-8)6-13-11-4-2-3-10(12)5-11/h2-5,7,13H,6H2,1H3,(H,14,15). The number of benzene rings is 1. The Balaban J connectivity index is 2.02. The Bertz CT molecular complexity index is 451. The van der Waals surface area contributed by atoms with E-state index < -0.39 is 0 Å². The second-order valence-corrected chi connectivity index (χ2v) is 4.30. The molecule has 0 aliphatic heterocycles. The van der Waals surface area contributed by atoms with Gasteiger partial charge in [0.15, 0.2) is 0 Å². The van der Waals surface area contributed by atoms with E-state index in [9.17, 15) is 0 Å². The van der Waals surface area contributed by atoms with Gasteiger partial charge in [-0.05, 0) is 25.1 Å². The van der Waals surface area contributed by atoms with Crippen molar-refractivity contribution >= 4 is 21.6 Å². The summed E-state index contributed by atoms with van der Waals surface area (Å²) in [6.07, 6.45) is 1.85. The van der Waals surface area contributed by atoms with Crippen molar-refractivity contribution in [2.75, 3.05) is 5.32 Å². The van der Waals surface area contributed by atoms with Crippen LogP contribution < -0.4 is 5.32 Å². The lowest BCUT2D eigenvalue weighted by Gasteiger charge is -2.05. The Morgan fingerprint density at radius 1 is 1.47 bits per heavy atom. The first kappa shape index (κ1) is 10.2. The van der Waals surface area contributed by atoms with Crippen LogP contribution in [0.5, 0.6) is 0 Å². The first-order valence-electron chi connectivity index (χ1n) is 4.74. The number of halogens is 1. The van der Waals surface area contributed by atoms with Crippen molar-refractivity contribution in [3.8, 4) is 0 Å². The fraction of sp³-hybridized carbons (Fsp3) is 0.182. The van der Waals surface area contributed by atoms with Gasteiger partial charge in [-0.25, -0.2) is 0 Å². The van der Waals surface area contributed by atoms with Gasteiger partial charge < -0.3 is 5.32 Å². The first-order valence-corrected chi connectivity index (χ1v) is 5.53. The molecule has 78 valence electrons. The summed E-state index contributed by atoms with van der Waals surface area (Å²) < 4.78 is 1.08. The van der Waals surface area contributed by atoms with Gasteiger partial charge in [0.2, 0.25) is 0 Å². The zero-order valence-electron chi connectivity index (χ0n) is 8.42. The maximum atomic E-state index is 3.98. The molecule has 0 saturated carbocycles. The molecule has 0 aliphatic carbocycles. The third-order valence-corrected chi connectivity index (χ3v) is 2.74. The zero-order valence-corrected chi connectivity index (χ0v) is 10.0. The van der Waals surface area contributed by atoms with Crippen LogP contribution in [0.2, 0.25) is 0 Å². The molecule has 0 spiro atoms. The summed E-state index contributed by atoms with van der Waals surface area (Å²) in [6.45, 7) is 2.81. The molecule has 0 amide bonds. The number of nitrogens with zero attached hydrogens (tertiary/aromatic N) is 1. The second-order valence-electron chi connectivity index (χ2n) is 3.38. The maximum absolute atomic E-state index is 3.98. The quantitative estimate of drug-likeness (QED) is 0.896. The van der Waals surface area contributed by atoms with E-state index in [0.717, 1.165) is 22.4 Å². The monoisotopic (exact) mass is 265 g/mol. The van der Waals surface area contributed by atoms with E-state index in [1.165, 1.54) is 5.56 Å². The highest BCUT2D eigenvalue weighted by molar-refractivity contribution is 9.10. The Morgan fingerprint density at radius 3 is 3.00 bits per heavy atom. The molecule has 2 aromatic rings. The van der Waals surface area contributed by atoms with Gasteiger partial charge in [-0.2, -0.15) is 5.10 Å². The number of hydrogen-bond acceptors (Lipinski definition) is 2. The minimum absolute atomic E-state index is 0.790. The van der Waals surface area contributed by atoms with Gasteiger partial charge in [0.1, 0.15) is 0 Å². The predicted molar refractivity (Wildman–Crippen MR) is 64.8 cm³/mol. The van der Waals surface area contributed by atoms with Crippen molar-refractivity contribution in [3.05, 3.63) is 46.2 Å². The van der Waals surface area contributed by atoms with Gasteiger partial charge in [-0.3, -0.25) is 5.10 Å². The topological polar surface area (TPSA) is 40.7 Å². The van der Waals surface area contributed by atoms with Crippen molar-refractivity contribution in [1.82, 2.24) is 10.2 Å². The summed E-state index contributed by atoms with van der Waals surface area (Å²) in [5.41, 5.74) is 3.40. The summed E-state index contributed by atoms with van der Waals surface area (Å²) in [5, 5.41) is 10.2. The average Bonchev–Trinajstić information content (AvgIpc) is 2.61. The Hall–Kier alpha value is -1.29. The third-order valence-electron chi connectivity index (χ3n) is 2.24. The van der Waals surface area contributed by atoms with Gasteiger partial charge in [0.25, 0.3) is 0 Å². The molecule has 4 heteroatoms. The number of aromatic nitrogens is 2. The molecule has 0 atom stereocenters. The minimum Gasteiger partial charge on any atom is -0.381 e. The highest BCUT2D eigenvalue weighted by Crippen LogP contribution is 2.16. The molecule has 0 radical (unpaired) electrons. The Morgan fingerprint density at radius 2 is 2.33 bits per heavy atom. The van der Waals surface area contributed by atoms with E-state index >= 15 is 0 Å². The van der Waals surface area contributed by atoms with Crippen LogP contribution >= 0.6 is 15.9 Å². The fourth-order valence-corrected chi connectivity index (χ4v) is 1.75. The summed E-state index contributed by atoms with van der Waals surface area (Å²) in [5.74, 6) is 0. The maximum Gasteiger partial charge on any atom is 0.0539 e. The summed E-state index contributed by atoms with van der Waals surface area (Å²) in [4.78, 5) is 0. The molecular formula is C11H12BrN3. The minimum atomic E-state index is 0.790. The van der Waals surface area contributed by atoms with Gasteiger partial charge in [-0.15, -0.1) is 0 Å². The largest absolute Gasteiger partial charge is 0.381 e. The van der Waals surface area contributed by atoms with Crippen LogP contribution in [-0.4, -0.2) is 10.2 Å². The molecule has 2 rings (SSSR count). The smallest absolute Gasteiger partial charge is 0.0539 e. The van der Waals surface area contributed by atoms with E-state index in [1.807, 2.05) is 31.3 Å². The number of anilines is 1. The number of aryl methyl sites for hydroxylation is 1. The van der Waals surface area contributed by atoms with Crippen LogP contribution in [0, 0.1) is 6.92 Å². The number of nitrogens with one attached hydrogen (secondary N) is 2. The number of aromatic amines is 1. The Kier molecular flexibility index (Phi) is 3.06. The van der Waals surface area contributed by atoms with Crippen LogP contribution in [0.25, 0.3) is 0 Å². The third kappa shape index (κ3) is 2.59. The number of hydrogen-bond donors (Lipinski definition) is 2.